The van der Waals surface area contributed by atoms with Crippen LogP contribution < -0.4 is 10.1 Å². The van der Waals surface area contributed by atoms with Gasteiger partial charge in [0.1, 0.15) is 11.9 Å². The number of methoxy groups -OCH3 is 1. The standard InChI is InChI=1S/C13H19NO4.C2H6/c1-14-8-12(9-16-2)18-13(15)10-17-11-6-4-3-5-7-11;1-2/h3-7,12,14H,8-10H2,1-2H3;1-2H3. The van der Waals surface area contributed by atoms with Gasteiger partial charge in [-0.15, -0.1) is 0 Å². The molecule has 0 aliphatic heterocycles. The zero-order valence-corrected chi connectivity index (χ0v) is 12.7. The van der Waals surface area contributed by atoms with Crippen LogP contribution in [0.4, 0.5) is 0 Å². The van der Waals surface area contributed by atoms with Gasteiger partial charge in [-0.2, -0.15) is 0 Å². The van der Waals surface area contributed by atoms with Crippen LogP contribution >= 0.6 is 0 Å². The summed E-state index contributed by atoms with van der Waals surface area (Å²) in [5, 5.41) is 2.93. The van der Waals surface area contributed by atoms with Crippen molar-refractivity contribution in [2.75, 3.05) is 33.9 Å². The van der Waals surface area contributed by atoms with Crippen molar-refractivity contribution in [2.24, 2.45) is 0 Å². The molecule has 1 aromatic carbocycles. The smallest absolute Gasteiger partial charge is 0.344 e. The molecule has 1 aromatic rings. The molecule has 0 bridgehead atoms. The van der Waals surface area contributed by atoms with Gasteiger partial charge in [0.25, 0.3) is 0 Å². The minimum absolute atomic E-state index is 0.103. The molecule has 114 valence electrons. The van der Waals surface area contributed by atoms with E-state index in [0.29, 0.717) is 18.9 Å². The van der Waals surface area contributed by atoms with E-state index in [-0.39, 0.29) is 12.7 Å². The summed E-state index contributed by atoms with van der Waals surface area (Å²) in [7, 11) is 3.36. The van der Waals surface area contributed by atoms with Crippen LogP contribution in [0.25, 0.3) is 0 Å². The molecule has 1 N–H and O–H groups in total. The van der Waals surface area contributed by atoms with Gasteiger partial charge in [-0.05, 0) is 19.2 Å². The highest BCUT2D eigenvalue weighted by Crippen LogP contribution is 2.08. The molecule has 5 heteroatoms. The van der Waals surface area contributed by atoms with Crippen LogP contribution in [0.3, 0.4) is 0 Å². The fraction of sp³-hybridized carbons (Fsp3) is 0.533. The number of rotatable bonds is 8. The average Bonchev–Trinajstić information content (AvgIpc) is 2.49. The molecule has 0 saturated heterocycles. The van der Waals surface area contributed by atoms with Crippen molar-refractivity contribution in [3.8, 4) is 5.75 Å². The van der Waals surface area contributed by atoms with E-state index in [1.54, 1.807) is 26.3 Å². The number of hydrogen-bond donors (Lipinski definition) is 1. The number of carbonyl (C=O) groups is 1. The van der Waals surface area contributed by atoms with E-state index < -0.39 is 5.97 Å². The van der Waals surface area contributed by atoms with Crippen molar-refractivity contribution >= 4 is 5.97 Å². The quantitative estimate of drug-likeness (QED) is 0.738. The van der Waals surface area contributed by atoms with E-state index in [4.69, 9.17) is 14.2 Å². The Morgan fingerprint density at radius 1 is 1.25 bits per heavy atom. The third-order valence-electron chi connectivity index (χ3n) is 2.18. The molecular formula is C15H25NO4. The predicted octanol–water partition coefficient (Wildman–Crippen LogP) is 1.87. The maximum absolute atomic E-state index is 11.5. The van der Waals surface area contributed by atoms with Gasteiger partial charge >= 0.3 is 5.97 Å². The van der Waals surface area contributed by atoms with E-state index in [0.717, 1.165) is 0 Å². The fourth-order valence-electron chi connectivity index (χ4n) is 1.43. The van der Waals surface area contributed by atoms with Gasteiger partial charge in [-0.1, -0.05) is 32.0 Å². The summed E-state index contributed by atoms with van der Waals surface area (Å²) in [6, 6.07) is 9.14. The summed E-state index contributed by atoms with van der Waals surface area (Å²) in [6.07, 6.45) is -0.299. The molecule has 0 amide bonds. The average molecular weight is 283 g/mol. The second-order valence-corrected chi connectivity index (χ2v) is 3.73. The van der Waals surface area contributed by atoms with Gasteiger partial charge in [0.15, 0.2) is 6.61 Å². The molecular weight excluding hydrogens is 258 g/mol. The summed E-state index contributed by atoms with van der Waals surface area (Å²) in [6.45, 7) is 4.80. The molecule has 0 spiro atoms. The first-order chi connectivity index (χ1) is 9.76. The summed E-state index contributed by atoms with van der Waals surface area (Å²) >= 11 is 0. The van der Waals surface area contributed by atoms with E-state index in [1.165, 1.54) is 0 Å². The van der Waals surface area contributed by atoms with E-state index in [2.05, 4.69) is 5.32 Å². The predicted molar refractivity (Wildman–Crippen MR) is 79.0 cm³/mol. The van der Waals surface area contributed by atoms with Crippen LogP contribution in [0.1, 0.15) is 13.8 Å². The Bertz CT molecular complexity index is 337. The van der Waals surface area contributed by atoms with Crippen LogP contribution in [0.15, 0.2) is 30.3 Å². The fourth-order valence-corrected chi connectivity index (χ4v) is 1.43. The second-order valence-electron chi connectivity index (χ2n) is 3.73. The monoisotopic (exact) mass is 283 g/mol. The summed E-state index contributed by atoms with van der Waals surface area (Å²) in [5.74, 6) is 0.238. The highest BCUT2D eigenvalue weighted by Gasteiger charge is 2.13. The lowest BCUT2D eigenvalue weighted by atomic mass is 10.3. The van der Waals surface area contributed by atoms with Crippen LogP contribution in [0.2, 0.25) is 0 Å². The Kier molecular flexibility index (Phi) is 11.5. The maximum Gasteiger partial charge on any atom is 0.344 e. The van der Waals surface area contributed by atoms with Crippen molar-refractivity contribution in [1.82, 2.24) is 5.32 Å². The highest BCUT2D eigenvalue weighted by molar-refractivity contribution is 5.71. The molecule has 1 rings (SSSR count). The largest absolute Gasteiger partial charge is 0.482 e. The molecule has 20 heavy (non-hydrogen) atoms. The zero-order chi connectivity index (χ0) is 15.2. The number of para-hydroxylation sites is 1. The highest BCUT2D eigenvalue weighted by atomic mass is 16.6. The number of esters is 1. The van der Waals surface area contributed by atoms with Crippen LogP contribution in [-0.4, -0.2) is 46.0 Å². The summed E-state index contributed by atoms with van der Waals surface area (Å²) in [5.41, 5.74) is 0. The van der Waals surface area contributed by atoms with Gasteiger partial charge < -0.3 is 19.5 Å². The molecule has 0 heterocycles. The van der Waals surface area contributed by atoms with E-state index >= 15 is 0 Å². The third-order valence-corrected chi connectivity index (χ3v) is 2.18. The first-order valence-electron chi connectivity index (χ1n) is 6.77. The number of nitrogens with one attached hydrogen (secondary N) is 1. The summed E-state index contributed by atoms with van der Waals surface area (Å²) in [4.78, 5) is 11.5. The maximum atomic E-state index is 11.5. The van der Waals surface area contributed by atoms with Gasteiger partial charge in [0.2, 0.25) is 0 Å². The lowest BCUT2D eigenvalue weighted by Crippen LogP contribution is -2.34. The van der Waals surface area contributed by atoms with Gasteiger partial charge in [0.05, 0.1) is 6.61 Å². The first kappa shape index (κ1) is 18.4. The summed E-state index contributed by atoms with van der Waals surface area (Å²) < 4.78 is 15.5. The molecule has 0 aliphatic carbocycles. The Balaban J connectivity index is 0.00000172. The number of carbonyl (C=O) groups excluding carboxylic acids is 1. The Hall–Kier alpha value is -1.59. The van der Waals surface area contributed by atoms with Crippen LogP contribution in [-0.2, 0) is 14.3 Å². The van der Waals surface area contributed by atoms with E-state index in [9.17, 15) is 4.79 Å². The number of benzene rings is 1. The molecule has 1 atom stereocenters. The molecule has 0 fully saturated rings. The van der Waals surface area contributed by atoms with Crippen molar-refractivity contribution < 1.29 is 19.0 Å². The SMILES string of the molecule is CC.CNCC(COC)OC(=O)COc1ccccc1. The molecule has 0 aliphatic rings. The van der Waals surface area contributed by atoms with Gasteiger partial charge in [-0.3, -0.25) is 0 Å². The topological polar surface area (TPSA) is 56.8 Å². The minimum atomic E-state index is -0.406. The number of ether oxygens (including phenoxy) is 3. The Morgan fingerprint density at radius 3 is 2.45 bits per heavy atom. The number of hydrogen-bond acceptors (Lipinski definition) is 5. The van der Waals surface area contributed by atoms with Crippen LogP contribution in [0.5, 0.6) is 5.75 Å². The van der Waals surface area contributed by atoms with Gasteiger partial charge in [0, 0.05) is 13.7 Å². The third kappa shape index (κ3) is 8.50. The lowest BCUT2D eigenvalue weighted by molar-refractivity contribution is -0.153. The van der Waals surface area contributed by atoms with Crippen LogP contribution in [0, 0.1) is 0 Å². The Morgan fingerprint density at radius 2 is 1.90 bits per heavy atom. The molecule has 0 aromatic heterocycles. The van der Waals surface area contributed by atoms with E-state index in [1.807, 2.05) is 32.0 Å². The first-order valence-corrected chi connectivity index (χ1v) is 6.77. The molecule has 5 nitrogen and oxygen atoms in total. The zero-order valence-electron chi connectivity index (χ0n) is 12.7. The van der Waals surface area contributed by atoms with Crippen molar-refractivity contribution in [1.29, 1.82) is 0 Å². The molecule has 0 radical (unpaired) electrons. The number of likely N-dealkylation sites (N-methyl/N-ethyl adjacent to an activating group) is 1. The Labute approximate surface area is 121 Å². The van der Waals surface area contributed by atoms with Crippen molar-refractivity contribution in [2.45, 2.75) is 20.0 Å². The molecule has 1 unspecified atom stereocenters. The normalized spacial score (nSPS) is 11.0. The second kappa shape index (κ2) is 12.4. The van der Waals surface area contributed by atoms with Crippen molar-refractivity contribution in [3.05, 3.63) is 30.3 Å². The van der Waals surface area contributed by atoms with Gasteiger partial charge in [-0.25, -0.2) is 4.79 Å². The lowest BCUT2D eigenvalue weighted by Gasteiger charge is -2.16. The van der Waals surface area contributed by atoms with Crippen molar-refractivity contribution in [3.63, 3.8) is 0 Å². The minimum Gasteiger partial charge on any atom is -0.482 e. The molecule has 0 saturated carbocycles.